The van der Waals surface area contributed by atoms with E-state index in [2.05, 4.69) is 34.6 Å². The van der Waals surface area contributed by atoms with Crippen molar-refractivity contribution in [2.45, 2.75) is 66.3 Å². The maximum Gasteiger partial charge on any atom is 0.225 e. The van der Waals surface area contributed by atoms with Crippen molar-refractivity contribution in [3.05, 3.63) is 0 Å². The average Bonchev–Trinajstić information content (AvgIpc) is 2.34. The van der Waals surface area contributed by atoms with Gasteiger partial charge in [0.2, 0.25) is 5.91 Å². The van der Waals surface area contributed by atoms with Gasteiger partial charge in [-0.15, -0.1) is 11.6 Å². The molecule has 0 saturated heterocycles. The Morgan fingerprint density at radius 2 is 1.74 bits per heavy atom. The zero-order valence-electron chi connectivity index (χ0n) is 13.2. The third-order valence-corrected chi connectivity index (χ3v) is 4.70. The Morgan fingerprint density at radius 1 is 1.21 bits per heavy atom. The van der Waals surface area contributed by atoms with Crippen molar-refractivity contribution in [3.8, 4) is 0 Å². The van der Waals surface area contributed by atoms with Crippen LogP contribution in [0.3, 0.4) is 0 Å². The van der Waals surface area contributed by atoms with E-state index in [-0.39, 0.29) is 12.0 Å². The molecule has 3 heteroatoms. The van der Waals surface area contributed by atoms with Crippen molar-refractivity contribution in [2.75, 3.05) is 12.4 Å². The van der Waals surface area contributed by atoms with Gasteiger partial charge in [-0.2, -0.15) is 0 Å². The molecular weight excluding hydrogens is 258 g/mol. The lowest BCUT2D eigenvalue weighted by atomic mass is 9.69. The van der Waals surface area contributed by atoms with Crippen LogP contribution in [0.15, 0.2) is 0 Å². The van der Waals surface area contributed by atoms with E-state index >= 15 is 0 Å². The molecule has 0 N–H and O–H groups in total. The Balaban J connectivity index is 2.56. The highest BCUT2D eigenvalue weighted by Gasteiger charge is 2.34. The second-order valence-electron chi connectivity index (χ2n) is 7.23. The number of halogens is 1. The van der Waals surface area contributed by atoms with Gasteiger partial charge in [-0.3, -0.25) is 4.79 Å². The fraction of sp³-hybridized carbons (Fsp3) is 0.938. The molecule has 1 fully saturated rings. The first kappa shape index (κ1) is 16.8. The summed E-state index contributed by atoms with van der Waals surface area (Å²) in [6, 6.07) is 0.256. The lowest BCUT2D eigenvalue weighted by Gasteiger charge is -2.38. The van der Waals surface area contributed by atoms with Crippen LogP contribution in [-0.2, 0) is 4.79 Å². The van der Waals surface area contributed by atoms with Crippen LogP contribution in [0.25, 0.3) is 0 Å². The third kappa shape index (κ3) is 4.66. The Bertz CT molecular complexity index is 288. The van der Waals surface area contributed by atoms with Crippen molar-refractivity contribution >= 4 is 17.5 Å². The third-order valence-electron chi connectivity index (χ3n) is 4.53. The highest BCUT2D eigenvalue weighted by Crippen LogP contribution is 2.40. The van der Waals surface area contributed by atoms with Crippen LogP contribution in [0, 0.1) is 17.3 Å². The van der Waals surface area contributed by atoms with Crippen LogP contribution >= 0.6 is 11.6 Å². The van der Waals surface area contributed by atoms with Gasteiger partial charge in [0.1, 0.15) is 0 Å². The van der Waals surface area contributed by atoms with E-state index in [0.717, 1.165) is 18.8 Å². The highest BCUT2D eigenvalue weighted by molar-refractivity contribution is 6.18. The van der Waals surface area contributed by atoms with Crippen molar-refractivity contribution in [3.63, 3.8) is 0 Å². The number of amides is 1. The molecule has 1 amide bonds. The van der Waals surface area contributed by atoms with Crippen LogP contribution in [0.2, 0.25) is 0 Å². The monoisotopic (exact) mass is 287 g/mol. The van der Waals surface area contributed by atoms with Gasteiger partial charge in [0.05, 0.1) is 0 Å². The fourth-order valence-electron chi connectivity index (χ4n) is 3.15. The Kier molecular flexibility index (Phi) is 6.16. The second-order valence-corrected chi connectivity index (χ2v) is 7.61. The topological polar surface area (TPSA) is 20.3 Å². The quantitative estimate of drug-likeness (QED) is 0.706. The second kappa shape index (κ2) is 6.97. The molecule has 0 aliphatic heterocycles. The summed E-state index contributed by atoms with van der Waals surface area (Å²) in [5.41, 5.74) is 0.377. The van der Waals surface area contributed by atoms with Gasteiger partial charge in [0.15, 0.2) is 0 Å². The SMILES string of the molecule is CC(C)N(CCCl)C(=O)C1CCC(C(C)(C)C)CC1. The number of carbonyl (C=O) groups excluding carboxylic acids is 1. The molecule has 0 aromatic heterocycles. The number of hydrogen-bond donors (Lipinski definition) is 0. The van der Waals surface area contributed by atoms with Gasteiger partial charge >= 0.3 is 0 Å². The summed E-state index contributed by atoms with van der Waals surface area (Å²) in [6.45, 7) is 11.8. The molecule has 1 saturated carbocycles. The van der Waals surface area contributed by atoms with Gasteiger partial charge in [-0.1, -0.05) is 20.8 Å². The van der Waals surface area contributed by atoms with Crippen molar-refractivity contribution in [1.29, 1.82) is 0 Å². The average molecular weight is 288 g/mol. The van der Waals surface area contributed by atoms with Crippen molar-refractivity contribution < 1.29 is 4.79 Å². The summed E-state index contributed by atoms with van der Waals surface area (Å²) < 4.78 is 0. The highest BCUT2D eigenvalue weighted by atomic mass is 35.5. The molecule has 19 heavy (non-hydrogen) atoms. The number of hydrogen-bond acceptors (Lipinski definition) is 1. The van der Waals surface area contributed by atoms with Crippen LogP contribution in [0.4, 0.5) is 0 Å². The smallest absolute Gasteiger partial charge is 0.225 e. The summed E-state index contributed by atoms with van der Waals surface area (Å²) in [5, 5.41) is 0. The van der Waals surface area contributed by atoms with E-state index in [9.17, 15) is 4.79 Å². The molecule has 0 atom stereocenters. The maximum atomic E-state index is 12.6. The molecule has 112 valence electrons. The molecule has 0 unspecified atom stereocenters. The van der Waals surface area contributed by atoms with E-state index in [1.165, 1.54) is 12.8 Å². The summed E-state index contributed by atoms with van der Waals surface area (Å²) in [7, 11) is 0. The maximum absolute atomic E-state index is 12.6. The molecule has 0 aromatic carbocycles. The molecule has 0 radical (unpaired) electrons. The number of rotatable bonds is 4. The van der Waals surface area contributed by atoms with Gasteiger partial charge < -0.3 is 4.90 Å². The predicted molar refractivity (Wildman–Crippen MR) is 82.5 cm³/mol. The molecule has 0 spiro atoms. The van der Waals surface area contributed by atoms with Gasteiger partial charge in [-0.05, 0) is 50.9 Å². The molecular formula is C16H30ClNO. The summed E-state index contributed by atoms with van der Waals surface area (Å²) in [6.07, 6.45) is 4.47. The number of alkyl halides is 1. The predicted octanol–water partition coefficient (Wildman–Crippen LogP) is 4.31. The zero-order chi connectivity index (χ0) is 14.6. The zero-order valence-corrected chi connectivity index (χ0v) is 14.0. The Hall–Kier alpha value is -0.240. The first-order valence-electron chi connectivity index (χ1n) is 7.63. The first-order valence-corrected chi connectivity index (χ1v) is 8.17. The number of carbonyl (C=O) groups is 1. The molecule has 1 rings (SSSR count). The molecule has 2 nitrogen and oxygen atoms in total. The largest absolute Gasteiger partial charge is 0.339 e. The van der Waals surface area contributed by atoms with E-state index < -0.39 is 0 Å². The molecule has 0 aromatic rings. The van der Waals surface area contributed by atoms with E-state index in [4.69, 9.17) is 11.6 Å². The van der Waals surface area contributed by atoms with Crippen LogP contribution in [0.1, 0.15) is 60.3 Å². The summed E-state index contributed by atoms with van der Waals surface area (Å²) >= 11 is 5.81. The molecule has 1 aliphatic rings. The first-order chi connectivity index (χ1) is 8.77. The minimum Gasteiger partial charge on any atom is -0.339 e. The van der Waals surface area contributed by atoms with Crippen molar-refractivity contribution in [1.82, 2.24) is 4.90 Å². The van der Waals surface area contributed by atoms with Gasteiger partial charge in [-0.25, -0.2) is 0 Å². The standard InChI is InChI=1S/C16H30ClNO/c1-12(2)18(11-10-17)15(19)13-6-8-14(9-7-13)16(3,4)5/h12-14H,6-11H2,1-5H3. The minimum absolute atomic E-state index is 0.226. The van der Waals surface area contributed by atoms with E-state index in [0.29, 0.717) is 23.7 Å². The molecule has 0 bridgehead atoms. The molecule has 0 heterocycles. The van der Waals surface area contributed by atoms with E-state index in [1.54, 1.807) is 0 Å². The Labute approximate surface area is 123 Å². The molecule has 1 aliphatic carbocycles. The van der Waals surface area contributed by atoms with Crippen LogP contribution < -0.4 is 0 Å². The minimum atomic E-state index is 0.226. The number of nitrogens with zero attached hydrogens (tertiary/aromatic N) is 1. The normalized spacial score (nSPS) is 24.6. The van der Waals surface area contributed by atoms with Crippen LogP contribution in [-0.4, -0.2) is 29.3 Å². The Morgan fingerprint density at radius 3 is 2.11 bits per heavy atom. The fourth-order valence-corrected chi connectivity index (χ4v) is 3.34. The van der Waals surface area contributed by atoms with E-state index in [1.807, 2.05) is 4.90 Å². The van der Waals surface area contributed by atoms with Crippen molar-refractivity contribution in [2.24, 2.45) is 17.3 Å². The van der Waals surface area contributed by atoms with Crippen LogP contribution in [0.5, 0.6) is 0 Å². The summed E-state index contributed by atoms with van der Waals surface area (Å²) in [5.74, 6) is 1.84. The lowest BCUT2D eigenvalue weighted by Crippen LogP contribution is -2.43. The van der Waals surface area contributed by atoms with Gasteiger partial charge in [0.25, 0.3) is 0 Å². The lowest BCUT2D eigenvalue weighted by molar-refractivity contribution is -0.138. The summed E-state index contributed by atoms with van der Waals surface area (Å²) in [4.78, 5) is 14.5. The van der Waals surface area contributed by atoms with Gasteiger partial charge in [0, 0.05) is 24.4 Å².